The molecule has 3 atom stereocenters. The highest BCUT2D eigenvalue weighted by Crippen LogP contribution is 2.60. The molecular weight excluding hydrogens is 162 g/mol. The van der Waals surface area contributed by atoms with Gasteiger partial charge in [0.15, 0.2) is 0 Å². The van der Waals surface area contributed by atoms with Gasteiger partial charge in [-0.15, -0.1) is 0 Å². The van der Waals surface area contributed by atoms with Crippen molar-refractivity contribution >= 4 is 0 Å². The summed E-state index contributed by atoms with van der Waals surface area (Å²) in [6.45, 7) is 4.74. The second-order valence-corrected chi connectivity index (χ2v) is 6.01. The average molecular weight is 183 g/mol. The first-order chi connectivity index (χ1) is 5.82. The highest BCUT2D eigenvalue weighted by Gasteiger charge is 2.54. The largest absolute Gasteiger partial charge is 0.633 e. The molecule has 3 fully saturated rings. The van der Waals surface area contributed by atoms with E-state index in [1.165, 1.54) is 6.42 Å². The van der Waals surface area contributed by atoms with E-state index < -0.39 is 0 Å². The third-order valence-electron chi connectivity index (χ3n) is 4.67. The molecule has 3 saturated carbocycles. The van der Waals surface area contributed by atoms with Crippen LogP contribution in [-0.4, -0.2) is 24.8 Å². The number of quaternary nitrogens is 1. The fraction of sp³-hybridized carbons (Fsp3) is 1.00. The molecule has 0 amide bonds. The highest BCUT2D eigenvalue weighted by atomic mass is 16.5. The Morgan fingerprint density at radius 2 is 1.54 bits per heavy atom. The Bertz CT molecular complexity index is 203. The Morgan fingerprint density at radius 3 is 1.85 bits per heavy atom. The molecule has 0 aromatic rings. The summed E-state index contributed by atoms with van der Waals surface area (Å²) in [5.74, 6) is 1.64. The van der Waals surface area contributed by atoms with E-state index in [4.69, 9.17) is 0 Å². The predicted octanol–water partition coefficient (Wildman–Crippen LogP) is 2.39. The zero-order chi connectivity index (χ0) is 9.85. The minimum atomic E-state index is -0.0803. The van der Waals surface area contributed by atoms with Gasteiger partial charge in [0.05, 0.1) is 20.1 Å². The molecule has 0 N–H and O–H groups in total. The smallest absolute Gasteiger partial charge is 0.0889 e. The Labute approximate surface area is 81.1 Å². The van der Waals surface area contributed by atoms with Crippen LogP contribution in [0.15, 0.2) is 0 Å². The van der Waals surface area contributed by atoms with Crippen molar-refractivity contribution in [2.45, 2.75) is 39.2 Å². The van der Waals surface area contributed by atoms with Gasteiger partial charge in [-0.05, 0) is 23.7 Å². The fourth-order valence-corrected chi connectivity index (χ4v) is 3.18. The van der Waals surface area contributed by atoms with E-state index in [9.17, 15) is 5.21 Å². The summed E-state index contributed by atoms with van der Waals surface area (Å²) >= 11 is 0. The molecule has 3 rings (SSSR count). The first-order valence-corrected chi connectivity index (χ1v) is 5.36. The summed E-state index contributed by atoms with van der Waals surface area (Å²) < 4.78 is -0.0803. The first kappa shape index (κ1) is 9.47. The summed E-state index contributed by atoms with van der Waals surface area (Å²) in [5, 5.41) is 11.8. The zero-order valence-electron chi connectivity index (χ0n) is 9.21. The van der Waals surface area contributed by atoms with Crippen LogP contribution in [0.25, 0.3) is 0 Å². The van der Waals surface area contributed by atoms with Crippen molar-refractivity contribution in [2.24, 2.45) is 17.3 Å². The van der Waals surface area contributed by atoms with E-state index in [0.29, 0.717) is 11.5 Å². The van der Waals surface area contributed by atoms with Gasteiger partial charge >= 0.3 is 0 Å². The van der Waals surface area contributed by atoms with Crippen LogP contribution in [-0.2, 0) is 0 Å². The van der Waals surface area contributed by atoms with Crippen molar-refractivity contribution in [3.05, 3.63) is 5.21 Å². The van der Waals surface area contributed by atoms with Crippen LogP contribution >= 0.6 is 0 Å². The van der Waals surface area contributed by atoms with Crippen molar-refractivity contribution < 1.29 is 4.65 Å². The van der Waals surface area contributed by atoms with Gasteiger partial charge in [0.2, 0.25) is 0 Å². The summed E-state index contributed by atoms with van der Waals surface area (Å²) in [7, 11) is 3.59. The van der Waals surface area contributed by atoms with Gasteiger partial charge < -0.3 is 9.85 Å². The van der Waals surface area contributed by atoms with Crippen LogP contribution < -0.4 is 0 Å². The molecule has 2 bridgehead atoms. The number of hydrogen-bond donors (Lipinski definition) is 0. The lowest BCUT2D eigenvalue weighted by Gasteiger charge is -2.61. The molecule has 2 heteroatoms. The Balaban J connectivity index is 2.05. The van der Waals surface area contributed by atoms with E-state index in [1.807, 2.05) is 0 Å². The average Bonchev–Trinajstić information content (AvgIpc) is 2.03. The lowest BCUT2D eigenvalue weighted by Crippen LogP contribution is -2.58. The molecule has 76 valence electrons. The molecule has 3 aliphatic rings. The van der Waals surface area contributed by atoms with E-state index in [1.54, 1.807) is 14.1 Å². The zero-order valence-corrected chi connectivity index (χ0v) is 9.21. The minimum Gasteiger partial charge on any atom is -0.633 e. The Hall–Kier alpha value is -0.0800. The normalized spacial score (nSPS) is 42.7. The fourth-order valence-electron chi connectivity index (χ4n) is 3.18. The summed E-state index contributed by atoms with van der Waals surface area (Å²) in [6.07, 6.45) is 3.68. The second kappa shape index (κ2) is 2.48. The Kier molecular flexibility index (Phi) is 1.81. The number of hydroxylamine groups is 3. The SMILES string of the molecule is CC1(C)[C@@H]2CC([N+](C)(C)[O-])C[C@H]1C2. The maximum Gasteiger partial charge on any atom is 0.0889 e. The van der Waals surface area contributed by atoms with Gasteiger partial charge in [0.25, 0.3) is 0 Å². The van der Waals surface area contributed by atoms with E-state index in [-0.39, 0.29) is 4.65 Å². The van der Waals surface area contributed by atoms with Gasteiger partial charge in [-0.2, -0.15) is 0 Å². The molecule has 0 aliphatic heterocycles. The molecule has 0 aromatic heterocycles. The van der Waals surface area contributed by atoms with Crippen molar-refractivity contribution in [2.75, 3.05) is 14.1 Å². The van der Waals surface area contributed by atoms with Gasteiger partial charge in [0, 0.05) is 12.8 Å². The topological polar surface area (TPSA) is 23.1 Å². The minimum absolute atomic E-state index is 0.0803. The van der Waals surface area contributed by atoms with Crippen molar-refractivity contribution in [1.82, 2.24) is 0 Å². The predicted molar refractivity (Wildman–Crippen MR) is 53.9 cm³/mol. The summed E-state index contributed by atoms with van der Waals surface area (Å²) in [5.41, 5.74) is 0.533. The van der Waals surface area contributed by atoms with E-state index in [2.05, 4.69) is 13.8 Å². The number of fused-ring (bicyclic) bond motifs is 2. The third-order valence-corrected chi connectivity index (χ3v) is 4.67. The second-order valence-electron chi connectivity index (χ2n) is 6.01. The van der Waals surface area contributed by atoms with Crippen LogP contribution in [0.5, 0.6) is 0 Å². The lowest BCUT2D eigenvalue weighted by atomic mass is 9.48. The molecule has 1 unspecified atom stereocenters. The van der Waals surface area contributed by atoms with Crippen molar-refractivity contribution in [1.29, 1.82) is 0 Å². The first-order valence-electron chi connectivity index (χ1n) is 5.36. The molecular formula is C11H21NO. The molecule has 0 saturated heterocycles. The van der Waals surface area contributed by atoms with Gasteiger partial charge in [0.1, 0.15) is 0 Å². The summed E-state index contributed by atoms with van der Waals surface area (Å²) in [6, 6.07) is 0.372. The van der Waals surface area contributed by atoms with Crippen molar-refractivity contribution in [3.63, 3.8) is 0 Å². The van der Waals surface area contributed by atoms with Gasteiger partial charge in [-0.1, -0.05) is 13.8 Å². The monoisotopic (exact) mass is 183 g/mol. The number of hydrogen-bond acceptors (Lipinski definition) is 1. The molecule has 0 heterocycles. The summed E-state index contributed by atoms with van der Waals surface area (Å²) in [4.78, 5) is 0. The van der Waals surface area contributed by atoms with Crippen LogP contribution in [0.4, 0.5) is 0 Å². The van der Waals surface area contributed by atoms with Crippen molar-refractivity contribution in [3.8, 4) is 0 Å². The standard InChI is InChI=1S/C11H21NO/c1-11(2)8-5-9(11)7-10(6-8)12(3,4)13/h8-10H,5-7H2,1-4H3/t8-,9+,10?. The van der Waals surface area contributed by atoms with E-state index >= 15 is 0 Å². The van der Waals surface area contributed by atoms with Gasteiger partial charge in [-0.25, -0.2) is 0 Å². The van der Waals surface area contributed by atoms with Crippen LogP contribution in [0.3, 0.4) is 0 Å². The quantitative estimate of drug-likeness (QED) is 0.452. The Morgan fingerprint density at radius 1 is 1.08 bits per heavy atom. The third kappa shape index (κ3) is 1.31. The maximum absolute atomic E-state index is 11.8. The molecule has 0 aromatic carbocycles. The highest BCUT2D eigenvalue weighted by molar-refractivity contribution is 5.02. The van der Waals surface area contributed by atoms with Crippen LogP contribution in [0.2, 0.25) is 0 Å². The molecule has 13 heavy (non-hydrogen) atoms. The lowest BCUT2D eigenvalue weighted by molar-refractivity contribution is -0.871. The van der Waals surface area contributed by atoms with Crippen LogP contribution in [0, 0.1) is 22.5 Å². The molecule has 2 nitrogen and oxygen atoms in total. The van der Waals surface area contributed by atoms with E-state index in [0.717, 1.165) is 24.7 Å². The molecule has 0 radical (unpaired) electrons. The number of rotatable bonds is 1. The molecule has 3 aliphatic carbocycles. The van der Waals surface area contributed by atoms with Crippen LogP contribution in [0.1, 0.15) is 33.1 Å². The number of nitrogens with zero attached hydrogens (tertiary/aromatic N) is 1. The maximum atomic E-state index is 11.8. The molecule has 0 spiro atoms. The van der Waals surface area contributed by atoms with Gasteiger partial charge in [-0.3, -0.25) is 0 Å².